The van der Waals surface area contributed by atoms with Gasteiger partial charge in [-0.3, -0.25) is 14.5 Å². The van der Waals surface area contributed by atoms with Gasteiger partial charge in [-0.15, -0.1) is 0 Å². The van der Waals surface area contributed by atoms with E-state index in [0.717, 1.165) is 30.2 Å². The van der Waals surface area contributed by atoms with Crippen LogP contribution in [0.25, 0.3) is 6.08 Å². The number of nitrogens with zero attached hydrogens (tertiary/aromatic N) is 1. The van der Waals surface area contributed by atoms with Gasteiger partial charge in [0.05, 0.1) is 9.38 Å². The smallest absolute Gasteiger partial charge is 0.293 e. The number of halogens is 1. The van der Waals surface area contributed by atoms with E-state index in [1.807, 2.05) is 0 Å². The van der Waals surface area contributed by atoms with Crippen molar-refractivity contribution in [3.8, 4) is 5.75 Å². The van der Waals surface area contributed by atoms with Crippen LogP contribution in [-0.4, -0.2) is 27.7 Å². The Balaban J connectivity index is 2.10. The van der Waals surface area contributed by atoms with Crippen LogP contribution < -0.4 is 0 Å². The van der Waals surface area contributed by atoms with Gasteiger partial charge in [-0.1, -0.05) is 19.9 Å². The lowest BCUT2D eigenvalue weighted by atomic mass is 10.1. The van der Waals surface area contributed by atoms with Gasteiger partial charge in [0.15, 0.2) is 0 Å². The van der Waals surface area contributed by atoms with Crippen molar-refractivity contribution in [2.75, 3.05) is 6.54 Å². The Hall–Kier alpha value is -1.27. The monoisotopic (exact) mass is 383 g/mol. The molecule has 0 bridgehead atoms. The summed E-state index contributed by atoms with van der Waals surface area (Å²) < 4.78 is 0.553. The van der Waals surface area contributed by atoms with E-state index in [2.05, 4.69) is 29.8 Å². The maximum Gasteiger partial charge on any atom is 0.293 e. The number of hydrogen-bond acceptors (Lipinski definition) is 4. The van der Waals surface area contributed by atoms with Crippen LogP contribution in [0.2, 0.25) is 0 Å². The second-order valence-electron chi connectivity index (χ2n) is 5.58. The van der Waals surface area contributed by atoms with E-state index in [4.69, 9.17) is 0 Å². The molecule has 1 aliphatic heterocycles. The molecule has 0 spiro atoms. The van der Waals surface area contributed by atoms with Crippen LogP contribution in [0.15, 0.2) is 27.6 Å². The number of imide groups is 1. The van der Waals surface area contributed by atoms with Crippen LogP contribution >= 0.6 is 27.7 Å². The minimum atomic E-state index is -0.233. The Bertz CT molecular complexity index is 628. The summed E-state index contributed by atoms with van der Waals surface area (Å²) in [5.74, 6) is 0.465. The Labute approximate surface area is 142 Å². The van der Waals surface area contributed by atoms with E-state index >= 15 is 0 Å². The number of rotatable bonds is 5. The first-order valence-corrected chi connectivity index (χ1v) is 8.73. The summed E-state index contributed by atoms with van der Waals surface area (Å²) in [5, 5.41) is 9.27. The number of aromatic hydroxyl groups is 1. The lowest BCUT2D eigenvalue weighted by Crippen LogP contribution is -2.29. The topological polar surface area (TPSA) is 57.6 Å². The summed E-state index contributed by atoms with van der Waals surface area (Å²) in [4.78, 5) is 26.0. The average molecular weight is 384 g/mol. The van der Waals surface area contributed by atoms with Crippen molar-refractivity contribution in [1.82, 2.24) is 4.90 Å². The number of phenols is 1. The van der Waals surface area contributed by atoms with Crippen LogP contribution in [0.1, 0.15) is 32.3 Å². The zero-order valence-electron chi connectivity index (χ0n) is 12.5. The zero-order chi connectivity index (χ0) is 16.3. The molecule has 4 nitrogen and oxygen atoms in total. The van der Waals surface area contributed by atoms with Gasteiger partial charge in [-0.2, -0.15) is 0 Å². The number of phenolic OH excluding ortho intramolecular Hbond substituents is 1. The zero-order valence-corrected chi connectivity index (χ0v) is 14.9. The Morgan fingerprint density at radius 3 is 2.73 bits per heavy atom. The van der Waals surface area contributed by atoms with Crippen molar-refractivity contribution in [3.63, 3.8) is 0 Å². The van der Waals surface area contributed by atoms with Crippen molar-refractivity contribution in [1.29, 1.82) is 0 Å². The number of thioether (sulfide) groups is 1. The highest BCUT2D eigenvalue weighted by molar-refractivity contribution is 9.10. The summed E-state index contributed by atoms with van der Waals surface area (Å²) in [5.41, 5.74) is 0.761. The normalized spacial score (nSPS) is 17.1. The van der Waals surface area contributed by atoms with E-state index in [9.17, 15) is 14.7 Å². The van der Waals surface area contributed by atoms with Gasteiger partial charge >= 0.3 is 0 Å². The molecule has 6 heteroatoms. The van der Waals surface area contributed by atoms with Gasteiger partial charge in [0.1, 0.15) is 5.75 Å². The molecule has 22 heavy (non-hydrogen) atoms. The molecule has 0 radical (unpaired) electrons. The molecular formula is C16H18BrNO3S. The number of hydrogen-bond donors (Lipinski definition) is 1. The number of amides is 2. The van der Waals surface area contributed by atoms with Crippen LogP contribution in [0.5, 0.6) is 5.75 Å². The minimum absolute atomic E-state index is 0.138. The van der Waals surface area contributed by atoms with Crippen molar-refractivity contribution in [2.45, 2.75) is 26.7 Å². The summed E-state index contributed by atoms with van der Waals surface area (Å²) in [6, 6.07) is 4.96. The van der Waals surface area contributed by atoms with E-state index in [0.29, 0.717) is 21.8 Å². The van der Waals surface area contributed by atoms with Gasteiger partial charge < -0.3 is 5.11 Å². The average Bonchev–Trinajstić information content (AvgIpc) is 2.70. The maximum absolute atomic E-state index is 12.3. The second-order valence-corrected chi connectivity index (χ2v) is 7.43. The third-order valence-electron chi connectivity index (χ3n) is 3.31. The molecule has 0 unspecified atom stereocenters. The fourth-order valence-electron chi connectivity index (χ4n) is 2.11. The summed E-state index contributed by atoms with van der Waals surface area (Å²) >= 11 is 4.20. The first kappa shape index (κ1) is 17.1. The first-order chi connectivity index (χ1) is 10.4. The van der Waals surface area contributed by atoms with Gasteiger partial charge in [-0.25, -0.2) is 0 Å². The maximum atomic E-state index is 12.3. The Morgan fingerprint density at radius 1 is 1.36 bits per heavy atom. The van der Waals surface area contributed by atoms with Gasteiger partial charge in [-0.05, 0) is 70.2 Å². The van der Waals surface area contributed by atoms with Gasteiger partial charge in [0, 0.05) is 6.54 Å². The summed E-state index contributed by atoms with van der Waals surface area (Å²) in [7, 11) is 0. The van der Waals surface area contributed by atoms with Crippen LogP contribution in [-0.2, 0) is 4.79 Å². The van der Waals surface area contributed by atoms with Crippen molar-refractivity contribution in [2.24, 2.45) is 5.92 Å². The molecular weight excluding hydrogens is 366 g/mol. The lowest BCUT2D eigenvalue weighted by Gasteiger charge is -2.12. The van der Waals surface area contributed by atoms with Crippen LogP contribution in [0.3, 0.4) is 0 Å². The largest absolute Gasteiger partial charge is 0.507 e. The molecule has 1 aliphatic rings. The molecule has 1 heterocycles. The fourth-order valence-corrected chi connectivity index (χ4v) is 3.38. The SMILES string of the molecule is CC(C)CCCN1C(=O)S/C(=C/c2ccc(O)c(Br)c2)C1=O. The van der Waals surface area contributed by atoms with E-state index in [-0.39, 0.29) is 16.9 Å². The van der Waals surface area contributed by atoms with Gasteiger partial charge in [0.2, 0.25) is 0 Å². The highest BCUT2D eigenvalue weighted by atomic mass is 79.9. The second kappa shape index (κ2) is 7.33. The molecule has 2 amide bonds. The standard InChI is InChI=1S/C16H18BrNO3S/c1-10(2)4-3-7-18-15(20)14(22-16(18)21)9-11-5-6-13(19)12(17)8-11/h5-6,8-10,19H,3-4,7H2,1-2H3/b14-9+. The predicted octanol–water partition coefficient (Wildman–Crippen LogP) is 4.63. The lowest BCUT2D eigenvalue weighted by molar-refractivity contribution is -0.122. The third kappa shape index (κ3) is 4.14. The predicted molar refractivity (Wildman–Crippen MR) is 92.6 cm³/mol. The van der Waals surface area contributed by atoms with Crippen molar-refractivity contribution < 1.29 is 14.7 Å². The molecule has 1 saturated heterocycles. The number of carbonyl (C=O) groups is 2. The minimum Gasteiger partial charge on any atom is -0.507 e. The molecule has 0 saturated carbocycles. The van der Waals surface area contributed by atoms with E-state index < -0.39 is 0 Å². The highest BCUT2D eigenvalue weighted by Crippen LogP contribution is 2.33. The molecule has 1 N–H and O–H groups in total. The molecule has 1 aromatic rings. The summed E-state index contributed by atoms with van der Waals surface area (Å²) in [6.07, 6.45) is 3.50. The molecule has 0 aromatic heterocycles. The van der Waals surface area contributed by atoms with Crippen LogP contribution in [0, 0.1) is 5.92 Å². The van der Waals surface area contributed by atoms with E-state index in [1.54, 1.807) is 24.3 Å². The number of carbonyl (C=O) groups excluding carboxylic acids is 2. The Kier molecular flexibility index (Phi) is 5.69. The molecule has 0 atom stereocenters. The van der Waals surface area contributed by atoms with Crippen molar-refractivity contribution in [3.05, 3.63) is 33.1 Å². The quantitative estimate of drug-likeness (QED) is 0.753. The summed E-state index contributed by atoms with van der Waals surface area (Å²) in [6.45, 7) is 4.71. The number of benzene rings is 1. The molecule has 1 fully saturated rings. The first-order valence-electron chi connectivity index (χ1n) is 7.12. The molecule has 1 aromatic carbocycles. The fraction of sp³-hybridized carbons (Fsp3) is 0.375. The molecule has 0 aliphatic carbocycles. The highest BCUT2D eigenvalue weighted by Gasteiger charge is 2.34. The molecule has 2 rings (SSSR count). The third-order valence-corrected chi connectivity index (χ3v) is 4.85. The van der Waals surface area contributed by atoms with Crippen LogP contribution in [0.4, 0.5) is 4.79 Å². The molecule has 118 valence electrons. The Morgan fingerprint density at radius 2 is 2.09 bits per heavy atom. The van der Waals surface area contributed by atoms with Gasteiger partial charge in [0.25, 0.3) is 11.1 Å². The van der Waals surface area contributed by atoms with E-state index in [1.165, 1.54) is 4.90 Å². The van der Waals surface area contributed by atoms with Crippen molar-refractivity contribution >= 4 is 44.9 Å².